The Morgan fingerprint density at radius 3 is 2.73 bits per heavy atom. The van der Waals surface area contributed by atoms with E-state index in [9.17, 15) is 24.1 Å². The van der Waals surface area contributed by atoms with Crippen LogP contribution in [0.4, 0.5) is 10.1 Å². The first-order valence-electron chi connectivity index (χ1n) is 6.44. The summed E-state index contributed by atoms with van der Waals surface area (Å²) in [5.41, 5.74) is 4.78. The van der Waals surface area contributed by atoms with Crippen molar-refractivity contribution in [3.8, 4) is 0 Å². The number of primary amides is 1. The van der Waals surface area contributed by atoms with Crippen molar-refractivity contribution in [2.45, 2.75) is 19.4 Å². The van der Waals surface area contributed by atoms with E-state index in [4.69, 9.17) is 10.5 Å². The lowest BCUT2D eigenvalue weighted by molar-refractivity contribution is -0.387. The first-order valence-corrected chi connectivity index (χ1v) is 6.44. The molecule has 1 atom stereocenters. The van der Waals surface area contributed by atoms with Crippen LogP contribution in [0.15, 0.2) is 18.2 Å². The van der Waals surface area contributed by atoms with Gasteiger partial charge in [-0.05, 0) is 18.6 Å². The van der Waals surface area contributed by atoms with Gasteiger partial charge in [0.2, 0.25) is 17.6 Å². The number of rotatable bonds is 8. The van der Waals surface area contributed by atoms with Gasteiger partial charge < -0.3 is 15.8 Å². The molecule has 0 heterocycles. The molecule has 9 heteroatoms. The molecular weight excluding hydrogens is 297 g/mol. The minimum atomic E-state index is -1.07. The lowest BCUT2D eigenvalue weighted by atomic mass is 10.0. The normalized spacial score (nSPS) is 11.7. The first kappa shape index (κ1) is 17.5. The number of amides is 2. The van der Waals surface area contributed by atoms with E-state index in [1.165, 1.54) is 6.07 Å². The standard InChI is InChI=1S/C13H16FN3O5/c1-2-22-7-12(18)16-10(13(15)19)5-8-3-4-9(14)11(6-8)17(20)21/h3-4,6,10H,2,5,7H2,1H3,(H2,15,19)(H,16,18)/t10-/m1/s1. The van der Waals surface area contributed by atoms with Crippen molar-refractivity contribution >= 4 is 17.5 Å². The number of benzene rings is 1. The lowest BCUT2D eigenvalue weighted by Gasteiger charge is -2.15. The minimum Gasteiger partial charge on any atom is -0.372 e. The predicted octanol–water partition coefficient (Wildman–Crippen LogP) is 0.283. The maximum Gasteiger partial charge on any atom is 0.305 e. The average Bonchev–Trinajstić information content (AvgIpc) is 2.45. The molecule has 0 aromatic heterocycles. The number of nitro groups is 1. The van der Waals surface area contributed by atoms with Crippen LogP contribution in [-0.2, 0) is 20.7 Å². The van der Waals surface area contributed by atoms with Gasteiger partial charge in [0.05, 0.1) is 4.92 Å². The molecule has 3 N–H and O–H groups in total. The Morgan fingerprint density at radius 2 is 2.18 bits per heavy atom. The maximum atomic E-state index is 13.2. The van der Waals surface area contributed by atoms with Gasteiger partial charge in [0.25, 0.3) is 0 Å². The molecule has 22 heavy (non-hydrogen) atoms. The molecule has 0 aliphatic heterocycles. The molecule has 1 rings (SSSR count). The molecular formula is C13H16FN3O5. The van der Waals surface area contributed by atoms with Crippen LogP contribution in [0.2, 0.25) is 0 Å². The fourth-order valence-electron chi connectivity index (χ4n) is 1.71. The van der Waals surface area contributed by atoms with Crippen LogP contribution in [0, 0.1) is 15.9 Å². The number of halogens is 1. The SMILES string of the molecule is CCOCC(=O)N[C@H](Cc1ccc(F)c([N+](=O)[O-])c1)C(N)=O. The molecule has 0 saturated heterocycles. The van der Waals surface area contributed by atoms with Crippen LogP contribution in [-0.4, -0.2) is 36.0 Å². The summed E-state index contributed by atoms with van der Waals surface area (Å²) in [6, 6.07) is 2.14. The van der Waals surface area contributed by atoms with E-state index < -0.39 is 34.3 Å². The van der Waals surface area contributed by atoms with Gasteiger partial charge in [0.15, 0.2) is 0 Å². The van der Waals surface area contributed by atoms with Gasteiger partial charge in [-0.2, -0.15) is 4.39 Å². The van der Waals surface area contributed by atoms with Gasteiger partial charge >= 0.3 is 5.69 Å². The van der Waals surface area contributed by atoms with Gasteiger partial charge in [-0.15, -0.1) is 0 Å². The van der Waals surface area contributed by atoms with Crippen molar-refractivity contribution in [3.05, 3.63) is 39.7 Å². The van der Waals surface area contributed by atoms with Gasteiger partial charge in [-0.1, -0.05) is 6.07 Å². The Hall–Kier alpha value is -2.55. The van der Waals surface area contributed by atoms with E-state index in [2.05, 4.69) is 5.32 Å². The smallest absolute Gasteiger partial charge is 0.305 e. The summed E-state index contributed by atoms with van der Waals surface area (Å²) in [6.07, 6.45) is -0.0890. The van der Waals surface area contributed by atoms with Crippen molar-refractivity contribution < 1.29 is 23.6 Å². The number of hydrogen-bond acceptors (Lipinski definition) is 5. The van der Waals surface area contributed by atoms with Crippen LogP contribution in [0.3, 0.4) is 0 Å². The zero-order chi connectivity index (χ0) is 16.7. The highest BCUT2D eigenvalue weighted by Crippen LogP contribution is 2.19. The molecule has 8 nitrogen and oxygen atoms in total. The van der Waals surface area contributed by atoms with Crippen molar-refractivity contribution in [2.75, 3.05) is 13.2 Å². The number of nitrogens with two attached hydrogens (primary N) is 1. The van der Waals surface area contributed by atoms with Crippen molar-refractivity contribution in [3.63, 3.8) is 0 Å². The van der Waals surface area contributed by atoms with Crippen LogP contribution >= 0.6 is 0 Å². The van der Waals surface area contributed by atoms with Crippen molar-refractivity contribution in [1.29, 1.82) is 0 Å². The van der Waals surface area contributed by atoms with Crippen molar-refractivity contribution in [2.24, 2.45) is 5.73 Å². The largest absolute Gasteiger partial charge is 0.372 e. The fourth-order valence-corrected chi connectivity index (χ4v) is 1.71. The van der Waals surface area contributed by atoms with E-state index in [1.54, 1.807) is 6.92 Å². The molecule has 0 spiro atoms. The van der Waals surface area contributed by atoms with E-state index in [1.807, 2.05) is 0 Å². The van der Waals surface area contributed by atoms with E-state index in [-0.39, 0.29) is 13.0 Å². The highest BCUT2D eigenvalue weighted by molar-refractivity contribution is 5.87. The molecule has 0 fully saturated rings. The predicted molar refractivity (Wildman–Crippen MR) is 74.4 cm³/mol. The Morgan fingerprint density at radius 1 is 1.50 bits per heavy atom. The molecule has 0 unspecified atom stereocenters. The summed E-state index contributed by atoms with van der Waals surface area (Å²) in [7, 11) is 0. The lowest BCUT2D eigenvalue weighted by Crippen LogP contribution is -2.47. The van der Waals surface area contributed by atoms with Crippen LogP contribution in [0.25, 0.3) is 0 Å². The molecule has 0 radical (unpaired) electrons. The molecule has 2 amide bonds. The Kier molecular flexibility index (Phi) is 6.39. The summed E-state index contributed by atoms with van der Waals surface area (Å²) in [5.74, 6) is -2.33. The van der Waals surface area contributed by atoms with Gasteiger partial charge in [-0.25, -0.2) is 0 Å². The zero-order valence-corrected chi connectivity index (χ0v) is 11.9. The third kappa shape index (κ3) is 5.09. The molecule has 0 bridgehead atoms. The number of ether oxygens (including phenoxy) is 1. The first-order chi connectivity index (χ1) is 10.3. The van der Waals surface area contributed by atoms with Gasteiger partial charge in [-0.3, -0.25) is 19.7 Å². The number of nitro benzene ring substituents is 1. The number of nitrogens with zero attached hydrogens (tertiary/aromatic N) is 1. The summed E-state index contributed by atoms with van der Waals surface area (Å²) in [4.78, 5) is 32.7. The van der Waals surface area contributed by atoms with Gasteiger partial charge in [0, 0.05) is 19.1 Å². The van der Waals surface area contributed by atoms with E-state index >= 15 is 0 Å². The third-order valence-corrected chi connectivity index (χ3v) is 2.76. The number of hydrogen-bond donors (Lipinski definition) is 2. The van der Waals surface area contributed by atoms with Crippen LogP contribution < -0.4 is 11.1 Å². The van der Waals surface area contributed by atoms with Crippen LogP contribution in [0.5, 0.6) is 0 Å². The molecule has 1 aromatic carbocycles. The number of nitrogens with one attached hydrogen (secondary N) is 1. The molecule has 120 valence electrons. The van der Waals surface area contributed by atoms with Crippen LogP contribution in [0.1, 0.15) is 12.5 Å². The number of carbonyl (C=O) groups excluding carboxylic acids is 2. The maximum absolute atomic E-state index is 13.2. The Bertz CT molecular complexity index is 579. The molecule has 0 saturated carbocycles. The zero-order valence-electron chi connectivity index (χ0n) is 11.9. The summed E-state index contributed by atoms with van der Waals surface area (Å²) in [5, 5.41) is 13.0. The quantitative estimate of drug-likeness (QED) is 0.527. The van der Waals surface area contributed by atoms with E-state index in [0.29, 0.717) is 12.2 Å². The topological polar surface area (TPSA) is 125 Å². The average molecular weight is 313 g/mol. The molecule has 1 aromatic rings. The second-order valence-corrected chi connectivity index (χ2v) is 4.41. The Balaban J connectivity index is 2.83. The fraction of sp³-hybridized carbons (Fsp3) is 0.385. The molecule has 0 aliphatic rings. The van der Waals surface area contributed by atoms with Gasteiger partial charge in [0.1, 0.15) is 12.6 Å². The second-order valence-electron chi connectivity index (χ2n) is 4.41. The monoisotopic (exact) mass is 313 g/mol. The summed E-state index contributed by atoms with van der Waals surface area (Å²) in [6.45, 7) is 1.80. The molecule has 0 aliphatic carbocycles. The van der Waals surface area contributed by atoms with E-state index in [0.717, 1.165) is 12.1 Å². The Labute approximate surface area is 125 Å². The van der Waals surface area contributed by atoms with Crippen molar-refractivity contribution in [1.82, 2.24) is 5.32 Å². The summed E-state index contributed by atoms with van der Waals surface area (Å²) >= 11 is 0. The highest BCUT2D eigenvalue weighted by atomic mass is 19.1. The number of carbonyl (C=O) groups is 2. The third-order valence-electron chi connectivity index (χ3n) is 2.76. The summed E-state index contributed by atoms with van der Waals surface area (Å²) < 4.78 is 18.1. The second kappa shape index (κ2) is 8.03. The minimum absolute atomic E-state index is 0.0890. The highest BCUT2D eigenvalue weighted by Gasteiger charge is 2.21.